The Morgan fingerprint density at radius 1 is 1.15 bits per heavy atom. The van der Waals surface area contributed by atoms with Gasteiger partial charge in [-0.15, -0.1) is 24.0 Å². The molecule has 0 atom stereocenters. The van der Waals surface area contributed by atoms with Gasteiger partial charge in [-0.3, -0.25) is 0 Å². The van der Waals surface area contributed by atoms with Crippen molar-refractivity contribution in [2.24, 2.45) is 4.99 Å². The van der Waals surface area contributed by atoms with E-state index in [2.05, 4.69) is 10.3 Å². The molecule has 2 aromatic carbocycles. The molecule has 0 unspecified atom stereocenters. The van der Waals surface area contributed by atoms with Crippen molar-refractivity contribution in [3.05, 3.63) is 53.6 Å². The van der Waals surface area contributed by atoms with Gasteiger partial charge >= 0.3 is 0 Å². The Balaban J connectivity index is 0.00000364. The molecular formula is C20H28IN3O3. The first-order chi connectivity index (χ1) is 12.6. The molecule has 0 heterocycles. The molecule has 0 radical (unpaired) electrons. The van der Waals surface area contributed by atoms with E-state index in [4.69, 9.17) is 9.47 Å². The number of aromatic hydroxyl groups is 1. The normalized spacial score (nSPS) is 10.7. The molecular weight excluding hydrogens is 457 g/mol. The summed E-state index contributed by atoms with van der Waals surface area (Å²) in [5.74, 6) is 2.57. The smallest absolute Gasteiger partial charge is 0.194 e. The van der Waals surface area contributed by atoms with Crippen LogP contribution in [0.2, 0.25) is 0 Å². The molecule has 27 heavy (non-hydrogen) atoms. The Kier molecular flexibility index (Phi) is 9.77. The summed E-state index contributed by atoms with van der Waals surface area (Å²) < 4.78 is 10.7. The number of hydrogen-bond donors (Lipinski definition) is 2. The lowest BCUT2D eigenvalue weighted by Gasteiger charge is -2.23. The Hall–Kier alpha value is -2.16. The highest BCUT2D eigenvalue weighted by atomic mass is 127. The summed E-state index contributed by atoms with van der Waals surface area (Å²) in [7, 11) is 5.27. The Labute approximate surface area is 178 Å². The van der Waals surface area contributed by atoms with Gasteiger partial charge in [0, 0.05) is 31.8 Å². The van der Waals surface area contributed by atoms with Crippen molar-refractivity contribution in [3.8, 4) is 17.2 Å². The maximum absolute atomic E-state index is 9.59. The van der Waals surface area contributed by atoms with Crippen molar-refractivity contribution >= 4 is 29.9 Å². The molecule has 0 bridgehead atoms. The molecule has 148 valence electrons. The van der Waals surface area contributed by atoms with Crippen molar-refractivity contribution in [2.75, 3.05) is 27.8 Å². The molecule has 2 N–H and O–H groups in total. The van der Waals surface area contributed by atoms with Gasteiger partial charge in [0.2, 0.25) is 0 Å². The number of aliphatic imine (C=N–C) groups is 1. The fourth-order valence-corrected chi connectivity index (χ4v) is 2.60. The highest BCUT2D eigenvalue weighted by Crippen LogP contribution is 2.25. The average molecular weight is 485 g/mol. The van der Waals surface area contributed by atoms with E-state index in [0.717, 1.165) is 35.1 Å². The third-order valence-electron chi connectivity index (χ3n) is 3.92. The van der Waals surface area contributed by atoms with E-state index in [9.17, 15) is 5.11 Å². The van der Waals surface area contributed by atoms with Crippen molar-refractivity contribution in [1.82, 2.24) is 10.2 Å². The van der Waals surface area contributed by atoms with Gasteiger partial charge in [0.15, 0.2) is 5.96 Å². The van der Waals surface area contributed by atoms with Crippen LogP contribution in [0.1, 0.15) is 18.1 Å². The second kappa shape index (κ2) is 11.5. The zero-order valence-electron chi connectivity index (χ0n) is 16.2. The molecule has 7 heteroatoms. The monoisotopic (exact) mass is 485 g/mol. The van der Waals surface area contributed by atoms with Gasteiger partial charge in [-0.2, -0.15) is 0 Å². The van der Waals surface area contributed by atoms with Crippen LogP contribution in [0.3, 0.4) is 0 Å². The summed E-state index contributed by atoms with van der Waals surface area (Å²) in [6.45, 7) is 3.93. The van der Waals surface area contributed by atoms with Crippen molar-refractivity contribution < 1.29 is 14.6 Å². The minimum Gasteiger partial charge on any atom is -0.508 e. The summed E-state index contributed by atoms with van der Waals surface area (Å²) in [6.07, 6.45) is 0. The summed E-state index contributed by atoms with van der Waals surface area (Å²) in [5, 5.41) is 12.9. The van der Waals surface area contributed by atoms with E-state index in [1.807, 2.05) is 49.2 Å². The van der Waals surface area contributed by atoms with E-state index in [0.29, 0.717) is 13.1 Å². The molecule has 0 spiro atoms. The fourth-order valence-electron chi connectivity index (χ4n) is 2.60. The number of ether oxygens (including phenoxy) is 2. The van der Waals surface area contributed by atoms with Gasteiger partial charge in [0.1, 0.15) is 17.2 Å². The number of benzene rings is 2. The largest absolute Gasteiger partial charge is 0.508 e. The quantitative estimate of drug-likeness (QED) is 0.356. The van der Waals surface area contributed by atoms with Gasteiger partial charge in [-0.1, -0.05) is 12.1 Å². The molecule has 0 saturated heterocycles. The summed E-state index contributed by atoms with van der Waals surface area (Å²) >= 11 is 0. The van der Waals surface area contributed by atoms with Crippen LogP contribution in [0.15, 0.2) is 47.5 Å². The van der Waals surface area contributed by atoms with Crippen LogP contribution in [-0.2, 0) is 13.1 Å². The lowest BCUT2D eigenvalue weighted by atomic mass is 10.2. The second-order valence-corrected chi connectivity index (χ2v) is 5.87. The van der Waals surface area contributed by atoms with Gasteiger partial charge in [-0.25, -0.2) is 4.99 Å². The zero-order valence-corrected chi connectivity index (χ0v) is 18.6. The van der Waals surface area contributed by atoms with Gasteiger partial charge in [0.05, 0.1) is 20.8 Å². The predicted molar refractivity (Wildman–Crippen MR) is 119 cm³/mol. The van der Waals surface area contributed by atoms with Crippen molar-refractivity contribution in [2.45, 2.75) is 20.0 Å². The number of rotatable bonds is 7. The lowest BCUT2D eigenvalue weighted by Crippen LogP contribution is -2.38. The first kappa shape index (κ1) is 22.9. The average Bonchev–Trinajstić information content (AvgIpc) is 2.65. The zero-order chi connectivity index (χ0) is 18.9. The SMILES string of the molecule is CCNC(=NCc1cccc(O)c1)N(C)Cc1ccc(OC)cc1OC.I. The number of guanidine groups is 1. The van der Waals surface area contributed by atoms with Crippen LogP contribution in [0, 0.1) is 0 Å². The van der Waals surface area contributed by atoms with E-state index in [-0.39, 0.29) is 29.7 Å². The first-order valence-electron chi connectivity index (χ1n) is 8.55. The molecule has 0 aliphatic rings. The van der Waals surface area contributed by atoms with E-state index >= 15 is 0 Å². The topological polar surface area (TPSA) is 66.3 Å². The van der Waals surface area contributed by atoms with Crippen LogP contribution in [0.4, 0.5) is 0 Å². The fraction of sp³-hybridized carbons (Fsp3) is 0.350. The number of hydrogen-bond acceptors (Lipinski definition) is 4. The summed E-state index contributed by atoms with van der Waals surface area (Å²) in [4.78, 5) is 6.70. The lowest BCUT2D eigenvalue weighted by molar-refractivity contribution is 0.382. The number of nitrogens with zero attached hydrogens (tertiary/aromatic N) is 2. The van der Waals surface area contributed by atoms with Crippen molar-refractivity contribution in [1.29, 1.82) is 0 Å². The van der Waals surface area contributed by atoms with Crippen LogP contribution in [-0.4, -0.2) is 43.8 Å². The molecule has 6 nitrogen and oxygen atoms in total. The number of methoxy groups -OCH3 is 2. The van der Waals surface area contributed by atoms with Crippen LogP contribution in [0.25, 0.3) is 0 Å². The van der Waals surface area contributed by atoms with Gasteiger partial charge in [-0.05, 0) is 36.8 Å². The number of nitrogens with one attached hydrogen (secondary N) is 1. The van der Waals surface area contributed by atoms with Crippen molar-refractivity contribution in [3.63, 3.8) is 0 Å². The van der Waals surface area contributed by atoms with Crippen LogP contribution in [0.5, 0.6) is 17.2 Å². The van der Waals surface area contributed by atoms with Gasteiger partial charge < -0.3 is 24.8 Å². The summed E-state index contributed by atoms with van der Waals surface area (Å²) in [6, 6.07) is 12.9. The maximum Gasteiger partial charge on any atom is 0.194 e. The predicted octanol–water partition coefficient (Wildman–Crippen LogP) is 3.62. The molecule has 0 aliphatic carbocycles. The standard InChI is InChI=1S/C20H27N3O3.HI/c1-5-21-20(22-13-15-7-6-8-17(24)11-15)23(2)14-16-9-10-18(25-3)12-19(16)26-4;/h6-12,24H,5,13-14H2,1-4H3,(H,21,22);1H. The second-order valence-electron chi connectivity index (χ2n) is 5.87. The highest BCUT2D eigenvalue weighted by molar-refractivity contribution is 14.0. The molecule has 0 amide bonds. The number of phenols is 1. The molecule has 0 aromatic heterocycles. The number of phenolic OH excluding ortho intramolecular Hbond substituents is 1. The van der Waals surface area contributed by atoms with E-state index in [1.54, 1.807) is 26.4 Å². The Morgan fingerprint density at radius 3 is 2.56 bits per heavy atom. The highest BCUT2D eigenvalue weighted by Gasteiger charge is 2.11. The molecule has 0 aliphatic heterocycles. The first-order valence-corrected chi connectivity index (χ1v) is 8.55. The third kappa shape index (κ3) is 6.82. The molecule has 0 saturated carbocycles. The Bertz CT molecular complexity index is 753. The Morgan fingerprint density at radius 2 is 1.93 bits per heavy atom. The molecule has 0 fully saturated rings. The molecule has 2 aromatic rings. The number of halogens is 1. The van der Waals surface area contributed by atoms with Crippen LogP contribution >= 0.6 is 24.0 Å². The van der Waals surface area contributed by atoms with E-state index < -0.39 is 0 Å². The van der Waals surface area contributed by atoms with Gasteiger partial charge in [0.25, 0.3) is 0 Å². The van der Waals surface area contributed by atoms with E-state index in [1.165, 1.54) is 0 Å². The summed E-state index contributed by atoms with van der Waals surface area (Å²) in [5.41, 5.74) is 1.99. The van der Waals surface area contributed by atoms with Crippen LogP contribution < -0.4 is 14.8 Å². The minimum absolute atomic E-state index is 0. The third-order valence-corrected chi connectivity index (χ3v) is 3.92. The maximum atomic E-state index is 9.59. The molecule has 2 rings (SSSR count). The minimum atomic E-state index is 0.